The van der Waals surface area contributed by atoms with Crippen molar-refractivity contribution in [2.75, 3.05) is 5.32 Å². The van der Waals surface area contributed by atoms with E-state index in [1.165, 1.54) is 23.8 Å². The third kappa shape index (κ3) is 2.76. The molecule has 0 unspecified atom stereocenters. The molecule has 1 aromatic carbocycles. The molecule has 1 N–H and O–H groups in total. The number of anilines is 2. The Morgan fingerprint density at radius 3 is 2.88 bits per heavy atom. The fraction of sp³-hybridized carbons (Fsp3) is 0.316. The van der Waals surface area contributed by atoms with Gasteiger partial charge >= 0.3 is 0 Å². The van der Waals surface area contributed by atoms with Crippen molar-refractivity contribution in [2.24, 2.45) is 7.05 Å². The predicted molar refractivity (Wildman–Crippen MR) is 101 cm³/mol. The predicted octanol–water partition coefficient (Wildman–Crippen LogP) is 3.82. The lowest BCUT2D eigenvalue weighted by Gasteiger charge is -2.12. The molecule has 0 bridgehead atoms. The van der Waals surface area contributed by atoms with Gasteiger partial charge in [-0.25, -0.2) is 4.98 Å². The second-order valence-corrected chi connectivity index (χ2v) is 7.54. The minimum atomic E-state index is -0.00498. The van der Waals surface area contributed by atoms with E-state index in [0.29, 0.717) is 11.5 Å². The molecule has 128 valence electrons. The molecular weight excluding hydrogens is 334 g/mol. The number of hydrogen-bond donors (Lipinski definition) is 1. The summed E-state index contributed by atoms with van der Waals surface area (Å²) < 4.78 is 1.56. The van der Waals surface area contributed by atoms with Crippen LogP contribution in [0.5, 0.6) is 0 Å². The summed E-state index contributed by atoms with van der Waals surface area (Å²) in [5, 5.41) is 3.97. The number of thiophene rings is 1. The van der Waals surface area contributed by atoms with Gasteiger partial charge in [0.1, 0.15) is 4.83 Å². The van der Waals surface area contributed by atoms with Gasteiger partial charge < -0.3 is 5.32 Å². The van der Waals surface area contributed by atoms with Gasteiger partial charge in [0, 0.05) is 23.2 Å². The maximum Gasteiger partial charge on any atom is 0.263 e. The number of benzene rings is 1. The van der Waals surface area contributed by atoms with Gasteiger partial charge in [-0.05, 0) is 50.3 Å². The summed E-state index contributed by atoms with van der Waals surface area (Å²) in [4.78, 5) is 31.3. The SMILES string of the molecule is CC(=O)c1cccc(Nc2nc3sc4c(c3c(=O)n2C)CCCC4)c1. The Morgan fingerprint density at radius 1 is 1.28 bits per heavy atom. The Hall–Kier alpha value is -2.47. The number of fused-ring (bicyclic) bond motifs is 3. The Labute approximate surface area is 149 Å². The van der Waals surface area contributed by atoms with Crippen LogP contribution in [-0.2, 0) is 19.9 Å². The van der Waals surface area contributed by atoms with Crippen molar-refractivity contribution in [3.05, 3.63) is 50.6 Å². The summed E-state index contributed by atoms with van der Waals surface area (Å²) in [5.74, 6) is 0.503. The Morgan fingerprint density at radius 2 is 2.08 bits per heavy atom. The first kappa shape index (κ1) is 16.0. The number of rotatable bonds is 3. The van der Waals surface area contributed by atoms with Gasteiger partial charge in [-0.1, -0.05) is 12.1 Å². The van der Waals surface area contributed by atoms with Crippen molar-refractivity contribution < 1.29 is 4.79 Å². The average molecular weight is 353 g/mol. The second-order valence-electron chi connectivity index (χ2n) is 6.45. The number of carbonyl (C=O) groups excluding carboxylic acids is 1. The third-order valence-electron chi connectivity index (χ3n) is 4.72. The monoisotopic (exact) mass is 353 g/mol. The van der Waals surface area contributed by atoms with Crippen molar-refractivity contribution >= 4 is 39.0 Å². The lowest BCUT2D eigenvalue weighted by atomic mass is 9.97. The number of carbonyl (C=O) groups is 1. The van der Waals surface area contributed by atoms with E-state index in [4.69, 9.17) is 4.98 Å². The topological polar surface area (TPSA) is 64.0 Å². The van der Waals surface area contributed by atoms with Crippen LogP contribution in [0.1, 0.15) is 40.6 Å². The Bertz CT molecular complexity index is 1050. The van der Waals surface area contributed by atoms with E-state index in [2.05, 4.69) is 5.32 Å². The normalized spacial score (nSPS) is 13.7. The lowest BCUT2D eigenvalue weighted by molar-refractivity contribution is 0.101. The van der Waals surface area contributed by atoms with Crippen LogP contribution in [0.2, 0.25) is 0 Å². The molecule has 0 saturated heterocycles. The highest BCUT2D eigenvalue weighted by Crippen LogP contribution is 2.34. The molecular formula is C19H19N3O2S. The highest BCUT2D eigenvalue weighted by Gasteiger charge is 2.21. The van der Waals surface area contributed by atoms with Crippen LogP contribution in [0.15, 0.2) is 29.1 Å². The van der Waals surface area contributed by atoms with Crippen LogP contribution < -0.4 is 10.9 Å². The van der Waals surface area contributed by atoms with E-state index in [0.717, 1.165) is 35.2 Å². The molecule has 1 aliphatic rings. The maximum atomic E-state index is 12.9. The molecule has 4 rings (SSSR count). The fourth-order valence-corrected chi connectivity index (χ4v) is 4.59. The molecule has 0 amide bonds. The first-order chi connectivity index (χ1) is 12.0. The molecule has 0 fully saturated rings. The zero-order valence-corrected chi connectivity index (χ0v) is 15.1. The molecule has 0 aliphatic heterocycles. The molecule has 5 nitrogen and oxygen atoms in total. The molecule has 6 heteroatoms. The fourth-order valence-electron chi connectivity index (χ4n) is 3.34. The van der Waals surface area contributed by atoms with E-state index in [1.807, 2.05) is 12.1 Å². The number of nitrogens with zero attached hydrogens (tertiary/aromatic N) is 2. The van der Waals surface area contributed by atoms with Gasteiger partial charge in [-0.2, -0.15) is 0 Å². The molecule has 3 aromatic rings. The average Bonchev–Trinajstić information content (AvgIpc) is 2.98. The summed E-state index contributed by atoms with van der Waals surface area (Å²) in [6, 6.07) is 7.23. The summed E-state index contributed by atoms with van der Waals surface area (Å²) >= 11 is 1.64. The van der Waals surface area contributed by atoms with Crippen LogP contribution in [0.25, 0.3) is 10.2 Å². The smallest absolute Gasteiger partial charge is 0.263 e. The van der Waals surface area contributed by atoms with Crippen LogP contribution in [0, 0.1) is 0 Å². The molecule has 0 saturated carbocycles. The first-order valence-electron chi connectivity index (χ1n) is 8.44. The zero-order chi connectivity index (χ0) is 17.6. The van der Waals surface area contributed by atoms with E-state index in [-0.39, 0.29) is 11.3 Å². The van der Waals surface area contributed by atoms with Gasteiger partial charge in [0.25, 0.3) is 5.56 Å². The zero-order valence-electron chi connectivity index (χ0n) is 14.3. The van der Waals surface area contributed by atoms with Gasteiger partial charge in [-0.3, -0.25) is 14.2 Å². The van der Waals surface area contributed by atoms with E-state index in [9.17, 15) is 9.59 Å². The number of ketones is 1. The molecule has 2 aromatic heterocycles. The molecule has 0 atom stereocenters. The van der Waals surface area contributed by atoms with Crippen LogP contribution >= 0.6 is 11.3 Å². The quantitative estimate of drug-likeness (QED) is 0.727. The van der Waals surface area contributed by atoms with Gasteiger partial charge in [0.05, 0.1) is 5.39 Å². The molecule has 0 spiro atoms. The standard InChI is InChI=1S/C19H19N3O2S/c1-11(23)12-6-5-7-13(10-12)20-19-21-17-16(18(24)22(19)2)14-8-3-4-9-15(14)25-17/h5-7,10H,3-4,8-9H2,1-2H3,(H,20,21). The lowest BCUT2D eigenvalue weighted by Crippen LogP contribution is -2.21. The van der Waals surface area contributed by atoms with Crippen molar-refractivity contribution in [1.29, 1.82) is 0 Å². The third-order valence-corrected chi connectivity index (χ3v) is 5.91. The second kappa shape index (κ2) is 6.11. The van der Waals surface area contributed by atoms with Gasteiger partial charge in [0.15, 0.2) is 5.78 Å². The van der Waals surface area contributed by atoms with Crippen LogP contribution in [0.4, 0.5) is 11.6 Å². The highest BCUT2D eigenvalue weighted by atomic mass is 32.1. The maximum absolute atomic E-state index is 12.9. The minimum Gasteiger partial charge on any atom is -0.325 e. The molecule has 1 aliphatic carbocycles. The van der Waals surface area contributed by atoms with Gasteiger partial charge in [0.2, 0.25) is 5.95 Å². The molecule has 2 heterocycles. The largest absolute Gasteiger partial charge is 0.325 e. The highest BCUT2D eigenvalue weighted by molar-refractivity contribution is 7.18. The van der Waals surface area contributed by atoms with E-state index < -0.39 is 0 Å². The summed E-state index contributed by atoms with van der Waals surface area (Å²) in [7, 11) is 1.73. The van der Waals surface area contributed by atoms with E-state index >= 15 is 0 Å². The number of nitrogens with one attached hydrogen (secondary N) is 1. The van der Waals surface area contributed by atoms with Crippen molar-refractivity contribution in [3.8, 4) is 0 Å². The number of aryl methyl sites for hydroxylation is 2. The Kier molecular flexibility index (Phi) is 3.92. The van der Waals surface area contributed by atoms with Crippen molar-refractivity contribution in [2.45, 2.75) is 32.6 Å². The van der Waals surface area contributed by atoms with Gasteiger partial charge in [-0.15, -0.1) is 11.3 Å². The van der Waals surface area contributed by atoms with Crippen molar-refractivity contribution in [3.63, 3.8) is 0 Å². The molecule has 0 radical (unpaired) electrons. The number of hydrogen-bond acceptors (Lipinski definition) is 5. The van der Waals surface area contributed by atoms with Crippen LogP contribution in [0.3, 0.4) is 0 Å². The summed E-state index contributed by atoms with van der Waals surface area (Å²) in [5.41, 5.74) is 2.57. The first-order valence-corrected chi connectivity index (χ1v) is 9.25. The summed E-state index contributed by atoms with van der Waals surface area (Å²) in [6.45, 7) is 1.54. The number of aromatic nitrogens is 2. The minimum absolute atomic E-state index is 0.00498. The number of Topliss-reactive ketones (excluding diaryl/α,β-unsaturated/α-hetero) is 1. The molecule has 25 heavy (non-hydrogen) atoms. The Balaban J connectivity index is 1.80. The van der Waals surface area contributed by atoms with E-state index in [1.54, 1.807) is 35.1 Å². The van der Waals surface area contributed by atoms with Crippen LogP contribution in [-0.4, -0.2) is 15.3 Å². The summed E-state index contributed by atoms with van der Waals surface area (Å²) in [6.07, 6.45) is 4.34. The van der Waals surface area contributed by atoms with Crippen molar-refractivity contribution in [1.82, 2.24) is 9.55 Å².